The lowest BCUT2D eigenvalue weighted by atomic mass is 9.82. The molecule has 36 heavy (non-hydrogen) atoms. The van der Waals surface area contributed by atoms with Crippen molar-refractivity contribution in [1.29, 1.82) is 0 Å². The third-order valence-electron chi connectivity index (χ3n) is 7.55. The third kappa shape index (κ3) is 2.71. The number of hydrogen-bond acceptors (Lipinski definition) is 4. The van der Waals surface area contributed by atoms with Gasteiger partial charge >= 0.3 is 0 Å². The fraction of sp³-hybridized carbons (Fsp3) is 0.0968. The average molecular weight is 468 g/mol. The van der Waals surface area contributed by atoms with Gasteiger partial charge in [0.15, 0.2) is 0 Å². The third-order valence-corrected chi connectivity index (χ3v) is 7.55. The maximum Gasteiger partial charge on any atom is 0.266 e. The Morgan fingerprint density at radius 2 is 1.53 bits per heavy atom. The minimum Gasteiger partial charge on any atom is -0.268 e. The molecule has 5 heteroatoms. The van der Waals surface area contributed by atoms with Crippen molar-refractivity contribution in [1.82, 2.24) is 14.5 Å². The van der Waals surface area contributed by atoms with Gasteiger partial charge in [0, 0.05) is 40.2 Å². The van der Waals surface area contributed by atoms with Crippen LogP contribution in [0.2, 0.25) is 0 Å². The maximum atomic E-state index is 14.2. The van der Waals surface area contributed by atoms with Crippen LogP contribution >= 0.6 is 0 Å². The van der Waals surface area contributed by atoms with Crippen LogP contribution in [0.15, 0.2) is 101 Å². The molecule has 3 aromatic carbocycles. The van der Waals surface area contributed by atoms with Gasteiger partial charge in [-0.3, -0.25) is 19.6 Å². The highest BCUT2D eigenvalue weighted by Gasteiger charge is 2.35. The number of rotatable bonds is 1. The van der Waals surface area contributed by atoms with Crippen LogP contribution in [0, 0.1) is 0 Å². The molecule has 3 heterocycles. The standard InChI is InChI=1S/C31H21N3O2/c1-31(2)26-8-4-3-7-20(26)23-15-24-22(16-27(23)31)25-17-32-13-11-21(25)29(35)34(30(24)36)19-10-9-18-6-5-12-33-28(18)14-19/h3-17H,1-2H3. The van der Waals surface area contributed by atoms with E-state index < -0.39 is 0 Å². The molecular formula is C31H21N3O2. The Morgan fingerprint density at radius 3 is 2.42 bits per heavy atom. The van der Waals surface area contributed by atoms with Gasteiger partial charge in [0.25, 0.3) is 11.1 Å². The highest BCUT2D eigenvalue weighted by molar-refractivity contribution is 6.07. The Labute approximate surface area is 206 Å². The Balaban J connectivity index is 1.68. The summed E-state index contributed by atoms with van der Waals surface area (Å²) in [6.07, 6.45) is 4.99. The largest absolute Gasteiger partial charge is 0.268 e. The summed E-state index contributed by atoms with van der Waals surface area (Å²) in [5.74, 6) is 0. The van der Waals surface area contributed by atoms with Crippen molar-refractivity contribution in [2.75, 3.05) is 0 Å². The van der Waals surface area contributed by atoms with E-state index in [1.165, 1.54) is 10.1 Å². The van der Waals surface area contributed by atoms with Crippen LogP contribution in [0.1, 0.15) is 25.0 Å². The number of hydrogen-bond donors (Lipinski definition) is 0. The smallest absolute Gasteiger partial charge is 0.266 e. The molecule has 0 saturated carbocycles. The molecule has 0 fully saturated rings. The second kappa shape index (κ2) is 7.18. The predicted molar refractivity (Wildman–Crippen MR) is 144 cm³/mol. The molecule has 0 radical (unpaired) electrons. The van der Waals surface area contributed by atoms with Crippen molar-refractivity contribution in [3.63, 3.8) is 0 Å². The Hall–Kier alpha value is -4.64. The van der Waals surface area contributed by atoms with Crippen LogP contribution < -0.4 is 11.1 Å². The molecule has 172 valence electrons. The van der Waals surface area contributed by atoms with Crippen molar-refractivity contribution >= 4 is 32.4 Å². The number of fused-ring (bicyclic) bond motifs is 7. The first-order valence-corrected chi connectivity index (χ1v) is 11.9. The van der Waals surface area contributed by atoms with Gasteiger partial charge in [-0.1, -0.05) is 50.2 Å². The van der Waals surface area contributed by atoms with E-state index in [9.17, 15) is 9.59 Å². The van der Waals surface area contributed by atoms with Crippen molar-refractivity contribution in [2.45, 2.75) is 19.3 Å². The molecule has 0 aliphatic heterocycles. The number of aromatic nitrogens is 3. The number of benzene rings is 3. The van der Waals surface area contributed by atoms with Crippen molar-refractivity contribution in [2.24, 2.45) is 0 Å². The van der Waals surface area contributed by atoms with Gasteiger partial charge in [-0.25, -0.2) is 4.57 Å². The lowest BCUT2D eigenvalue weighted by molar-refractivity contribution is 0.661. The summed E-state index contributed by atoms with van der Waals surface area (Å²) in [5, 5.41) is 3.28. The zero-order valence-electron chi connectivity index (χ0n) is 19.8. The molecule has 1 aliphatic rings. The van der Waals surface area contributed by atoms with Crippen LogP contribution in [0.5, 0.6) is 0 Å². The van der Waals surface area contributed by atoms with E-state index in [1.54, 1.807) is 36.8 Å². The Kier molecular flexibility index (Phi) is 4.13. The molecule has 1 aliphatic carbocycles. The summed E-state index contributed by atoms with van der Waals surface area (Å²) >= 11 is 0. The van der Waals surface area contributed by atoms with Gasteiger partial charge in [0.2, 0.25) is 0 Å². The lowest BCUT2D eigenvalue weighted by Crippen LogP contribution is -2.28. The summed E-state index contributed by atoms with van der Waals surface area (Å²) in [6, 6.07) is 23.4. The van der Waals surface area contributed by atoms with E-state index in [-0.39, 0.29) is 16.5 Å². The summed E-state index contributed by atoms with van der Waals surface area (Å²) < 4.78 is 1.27. The van der Waals surface area contributed by atoms with Gasteiger partial charge < -0.3 is 0 Å². The van der Waals surface area contributed by atoms with E-state index in [0.29, 0.717) is 21.8 Å². The monoisotopic (exact) mass is 467 g/mol. The molecule has 3 aromatic heterocycles. The van der Waals surface area contributed by atoms with Crippen LogP contribution in [0.4, 0.5) is 0 Å². The van der Waals surface area contributed by atoms with Gasteiger partial charge in [-0.2, -0.15) is 0 Å². The van der Waals surface area contributed by atoms with Crippen molar-refractivity contribution in [3.8, 4) is 16.8 Å². The van der Waals surface area contributed by atoms with Crippen LogP contribution in [-0.2, 0) is 5.41 Å². The average Bonchev–Trinajstić information content (AvgIpc) is 3.08. The topological polar surface area (TPSA) is 64.8 Å². The first-order valence-electron chi connectivity index (χ1n) is 11.9. The minimum absolute atomic E-state index is 0.230. The van der Waals surface area contributed by atoms with Gasteiger partial charge in [0.05, 0.1) is 16.6 Å². The molecule has 0 bridgehead atoms. The number of nitrogens with zero attached hydrogens (tertiary/aromatic N) is 3. The molecule has 5 nitrogen and oxygen atoms in total. The highest BCUT2D eigenvalue weighted by Crippen LogP contribution is 2.49. The van der Waals surface area contributed by atoms with Crippen molar-refractivity contribution < 1.29 is 0 Å². The summed E-state index contributed by atoms with van der Waals surface area (Å²) in [5.41, 5.74) is 4.78. The van der Waals surface area contributed by atoms with E-state index in [0.717, 1.165) is 33.0 Å². The van der Waals surface area contributed by atoms with Gasteiger partial charge in [-0.15, -0.1) is 0 Å². The van der Waals surface area contributed by atoms with Gasteiger partial charge in [0.1, 0.15) is 0 Å². The summed E-state index contributed by atoms with van der Waals surface area (Å²) in [4.78, 5) is 36.8. The fourth-order valence-electron chi connectivity index (χ4n) is 5.70. The van der Waals surface area contributed by atoms with E-state index in [2.05, 4.69) is 48.1 Å². The molecule has 0 amide bonds. The highest BCUT2D eigenvalue weighted by atomic mass is 16.2. The Morgan fingerprint density at radius 1 is 0.694 bits per heavy atom. The lowest BCUT2D eigenvalue weighted by Gasteiger charge is -2.21. The molecule has 0 saturated heterocycles. The molecule has 6 aromatic rings. The predicted octanol–water partition coefficient (Wildman–Crippen LogP) is 5.75. The summed E-state index contributed by atoms with van der Waals surface area (Å²) in [7, 11) is 0. The van der Waals surface area contributed by atoms with E-state index >= 15 is 0 Å². The first kappa shape index (κ1) is 20.7. The van der Waals surface area contributed by atoms with Crippen LogP contribution in [0.3, 0.4) is 0 Å². The van der Waals surface area contributed by atoms with E-state index in [1.807, 2.05) is 30.3 Å². The van der Waals surface area contributed by atoms with Gasteiger partial charge in [-0.05, 0) is 64.0 Å². The second-order valence-corrected chi connectivity index (χ2v) is 9.86. The number of pyridine rings is 2. The molecule has 0 unspecified atom stereocenters. The zero-order valence-corrected chi connectivity index (χ0v) is 19.8. The summed E-state index contributed by atoms with van der Waals surface area (Å²) in [6.45, 7) is 4.40. The second-order valence-electron chi connectivity index (χ2n) is 9.86. The zero-order chi connectivity index (χ0) is 24.6. The minimum atomic E-state index is -0.372. The van der Waals surface area contributed by atoms with Crippen LogP contribution in [-0.4, -0.2) is 14.5 Å². The molecule has 0 N–H and O–H groups in total. The maximum absolute atomic E-state index is 14.2. The van der Waals surface area contributed by atoms with Crippen molar-refractivity contribution in [3.05, 3.63) is 123 Å². The molecule has 0 spiro atoms. The van der Waals surface area contributed by atoms with Crippen LogP contribution in [0.25, 0.3) is 49.3 Å². The normalized spacial score (nSPS) is 13.7. The molecule has 0 atom stereocenters. The van der Waals surface area contributed by atoms with E-state index in [4.69, 9.17) is 0 Å². The first-order chi connectivity index (χ1) is 17.4. The quantitative estimate of drug-likeness (QED) is 0.309. The Bertz CT molecular complexity index is 2020. The molecular weight excluding hydrogens is 446 g/mol. The fourth-order valence-corrected chi connectivity index (χ4v) is 5.70. The molecule has 7 rings (SSSR count). The SMILES string of the molecule is CC1(C)c2ccccc2-c2cc3c(=O)n(-c4ccc5cccnc5c4)c(=O)c4ccncc4c3cc21.